The Hall–Kier alpha value is -4.04. The summed E-state index contributed by atoms with van der Waals surface area (Å²) >= 11 is 6.45. The number of piperazine rings is 1. The standard InChI is InChI=1S/C31H31ClN4O4/c1-4-40-29(37)21-6-9-25(10-7-21)36-30(38)31(20(2)33-36)18-22-5-8-23(32)17-27(22)35-16-15-34(19-28(31)35)24-11-13-26(39-3)14-12-24/h5-14,17,28H,4,15-16,18-19H2,1-3H3/t28-,31+/m0/s1. The molecule has 40 heavy (non-hydrogen) atoms. The number of hydrazone groups is 1. The van der Waals surface area contributed by atoms with Crippen LogP contribution in [0.2, 0.25) is 5.02 Å². The molecule has 206 valence electrons. The number of hydrogen-bond acceptors (Lipinski definition) is 7. The number of hydrogen-bond donors (Lipinski definition) is 0. The van der Waals surface area contributed by atoms with Crippen molar-refractivity contribution in [1.29, 1.82) is 0 Å². The Morgan fingerprint density at radius 2 is 1.77 bits per heavy atom. The number of fused-ring (bicyclic) bond motifs is 4. The number of carbonyl (C=O) groups is 2. The van der Waals surface area contributed by atoms with Gasteiger partial charge in [0.2, 0.25) is 0 Å². The van der Waals surface area contributed by atoms with E-state index in [4.69, 9.17) is 26.2 Å². The minimum absolute atomic E-state index is 0.0685. The van der Waals surface area contributed by atoms with Crippen molar-refractivity contribution in [3.05, 3.63) is 82.9 Å². The van der Waals surface area contributed by atoms with E-state index in [1.165, 1.54) is 5.01 Å². The molecular formula is C31H31ClN4O4. The van der Waals surface area contributed by atoms with Crippen molar-refractivity contribution in [2.45, 2.75) is 26.3 Å². The molecular weight excluding hydrogens is 528 g/mol. The summed E-state index contributed by atoms with van der Waals surface area (Å²) in [6.45, 7) is 6.21. The van der Waals surface area contributed by atoms with Crippen molar-refractivity contribution in [2.75, 3.05) is 48.2 Å². The van der Waals surface area contributed by atoms with Crippen molar-refractivity contribution in [3.63, 3.8) is 0 Å². The number of rotatable bonds is 5. The predicted octanol–water partition coefficient (Wildman–Crippen LogP) is 5.19. The second-order valence-corrected chi connectivity index (χ2v) is 10.8. The smallest absolute Gasteiger partial charge is 0.338 e. The number of benzene rings is 3. The molecule has 3 aliphatic heterocycles. The molecule has 1 amide bonds. The largest absolute Gasteiger partial charge is 0.497 e. The Morgan fingerprint density at radius 3 is 2.48 bits per heavy atom. The van der Waals surface area contributed by atoms with E-state index in [0.29, 0.717) is 35.8 Å². The summed E-state index contributed by atoms with van der Waals surface area (Å²) in [5.74, 6) is 0.344. The number of esters is 1. The van der Waals surface area contributed by atoms with E-state index in [0.717, 1.165) is 41.5 Å². The van der Waals surface area contributed by atoms with Gasteiger partial charge in [0.1, 0.15) is 11.2 Å². The summed E-state index contributed by atoms with van der Waals surface area (Å²) in [5, 5.41) is 7.00. The highest BCUT2D eigenvalue weighted by atomic mass is 35.5. The van der Waals surface area contributed by atoms with Crippen LogP contribution in [0.1, 0.15) is 29.8 Å². The third-order valence-electron chi connectivity index (χ3n) is 8.31. The van der Waals surface area contributed by atoms with Gasteiger partial charge in [0, 0.05) is 36.0 Å². The minimum Gasteiger partial charge on any atom is -0.497 e. The van der Waals surface area contributed by atoms with Crippen LogP contribution in [0.3, 0.4) is 0 Å². The SMILES string of the molecule is CCOC(=O)c1ccc(N2N=C(C)[C@@]3(Cc4ccc(Cl)cc4N4CCN(c5ccc(OC)cc5)C[C@H]43)C2=O)cc1. The molecule has 2 atom stereocenters. The van der Waals surface area contributed by atoms with Gasteiger partial charge in [0.25, 0.3) is 5.91 Å². The first kappa shape index (κ1) is 26.2. The zero-order chi connectivity index (χ0) is 28.0. The van der Waals surface area contributed by atoms with Gasteiger partial charge in [-0.05, 0) is 86.5 Å². The first-order valence-corrected chi connectivity index (χ1v) is 13.8. The van der Waals surface area contributed by atoms with Crippen LogP contribution in [-0.4, -0.2) is 57.0 Å². The van der Waals surface area contributed by atoms with Gasteiger partial charge in [-0.3, -0.25) is 4.79 Å². The average Bonchev–Trinajstić information content (AvgIpc) is 3.23. The molecule has 3 aliphatic rings. The number of amides is 1. The molecule has 8 nitrogen and oxygen atoms in total. The quantitative estimate of drug-likeness (QED) is 0.401. The zero-order valence-electron chi connectivity index (χ0n) is 22.8. The molecule has 3 aromatic carbocycles. The van der Waals surface area contributed by atoms with E-state index in [9.17, 15) is 9.59 Å². The zero-order valence-corrected chi connectivity index (χ0v) is 23.5. The fourth-order valence-electron chi connectivity index (χ4n) is 6.24. The summed E-state index contributed by atoms with van der Waals surface area (Å²) in [6, 6.07) is 20.7. The minimum atomic E-state index is -0.855. The van der Waals surface area contributed by atoms with E-state index in [1.807, 2.05) is 37.3 Å². The molecule has 0 aromatic heterocycles. The van der Waals surface area contributed by atoms with Crippen LogP contribution in [0.5, 0.6) is 5.75 Å². The molecule has 9 heteroatoms. The van der Waals surface area contributed by atoms with Crippen molar-refractivity contribution < 1.29 is 19.1 Å². The number of carbonyl (C=O) groups excluding carboxylic acids is 2. The topological polar surface area (TPSA) is 74.7 Å². The summed E-state index contributed by atoms with van der Waals surface area (Å²) in [4.78, 5) is 31.3. The van der Waals surface area contributed by atoms with E-state index in [2.05, 4.69) is 21.9 Å². The Balaban J connectivity index is 1.38. The van der Waals surface area contributed by atoms with Crippen LogP contribution >= 0.6 is 11.6 Å². The molecule has 0 bridgehead atoms. The average molecular weight is 559 g/mol. The summed E-state index contributed by atoms with van der Waals surface area (Å²) in [5.41, 5.74) is 4.22. The first-order valence-electron chi connectivity index (χ1n) is 13.5. The maximum atomic E-state index is 14.5. The first-order chi connectivity index (χ1) is 19.3. The van der Waals surface area contributed by atoms with Gasteiger partial charge in [-0.2, -0.15) is 10.1 Å². The number of nitrogens with zero attached hydrogens (tertiary/aromatic N) is 4. The fraction of sp³-hybridized carbons (Fsp3) is 0.323. The Labute approximate surface area is 238 Å². The highest BCUT2D eigenvalue weighted by Crippen LogP contribution is 2.49. The van der Waals surface area contributed by atoms with Gasteiger partial charge in [-0.25, -0.2) is 4.79 Å². The predicted molar refractivity (Wildman–Crippen MR) is 157 cm³/mol. The molecule has 6 rings (SSSR count). The summed E-state index contributed by atoms with van der Waals surface area (Å²) in [7, 11) is 1.66. The fourth-order valence-corrected chi connectivity index (χ4v) is 6.40. The molecule has 3 heterocycles. The van der Waals surface area contributed by atoms with Crippen LogP contribution < -0.4 is 19.5 Å². The molecule has 0 unspecified atom stereocenters. The lowest BCUT2D eigenvalue weighted by atomic mass is 9.67. The van der Waals surface area contributed by atoms with Gasteiger partial charge in [0.15, 0.2) is 0 Å². The molecule has 1 spiro atoms. The second-order valence-electron chi connectivity index (χ2n) is 10.3. The second kappa shape index (κ2) is 10.2. The molecule has 3 aromatic rings. The normalized spacial score (nSPS) is 21.7. The molecule has 0 aliphatic carbocycles. The molecule has 0 saturated carbocycles. The van der Waals surface area contributed by atoms with Gasteiger partial charge in [-0.15, -0.1) is 0 Å². The maximum Gasteiger partial charge on any atom is 0.338 e. The van der Waals surface area contributed by atoms with Crippen LogP contribution in [0.15, 0.2) is 71.8 Å². The van der Waals surface area contributed by atoms with Crippen molar-refractivity contribution in [2.24, 2.45) is 10.5 Å². The van der Waals surface area contributed by atoms with E-state index < -0.39 is 11.4 Å². The third-order valence-corrected chi connectivity index (χ3v) is 8.54. The Bertz CT molecular complexity index is 1490. The molecule has 0 radical (unpaired) electrons. The highest BCUT2D eigenvalue weighted by Gasteiger charge is 2.60. The number of ether oxygens (including phenoxy) is 2. The van der Waals surface area contributed by atoms with Gasteiger partial charge in [-0.1, -0.05) is 17.7 Å². The van der Waals surface area contributed by atoms with Crippen LogP contribution in [0.4, 0.5) is 17.1 Å². The van der Waals surface area contributed by atoms with Crippen LogP contribution in [0, 0.1) is 5.41 Å². The van der Waals surface area contributed by atoms with E-state index in [1.54, 1.807) is 38.3 Å². The van der Waals surface area contributed by atoms with Crippen molar-refractivity contribution in [3.8, 4) is 5.75 Å². The van der Waals surface area contributed by atoms with Gasteiger partial charge < -0.3 is 19.3 Å². The van der Waals surface area contributed by atoms with Crippen LogP contribution in [0.25, 0.3) is 0 Å². The maximum absolute atomic E-state index is 14.5. The number of halogens is 1. The summed E-state index contributed by atoms with van der Waals surface area (Å²) < 4.78 is 10.5. The lowest BCUT2D eigenvalue weighted by Gasteiger charge is -2.53. The van der Waals surface area contributed by atoms with Crippen molar-refractivity contribution >= 4 is 46.3 Å². The highest BCUT2D eigenvalue weighted by molar-refractivity contribution is 6.31. The molecule has 0 N–H and O–H groups in total. The van der Waals surface area contributed by atoms with Crippen LogP contribution in [-0.2, 0) is 16.0 Å². The monoisotopic (exact) mass is 558 g/mol. The molecule has 1 saturated heterocycles. The van der Waals surface area contributed by atoms with E-state index >= 15 is 0 Å². The Kier molecular flexibility index (Phi) is 6.66. The Morgan fingerprint density at radius 1 is 1.05 bits per heavy atom. The van der Waals surface area contributed by atoms with E-state index in [-0.39, 0.29) is 11.9 Å². The van der Waals surface area contributed by atoms with Gasteiger partial charge >= 0.3 is 5.97 Å². The summed E-state index contributed by atoms with van der Waals surface area (Å²) in [6.07, 6.45) is 0.530. The number of anilines is 3. The number of methoxy groups -OCH3 is 1. The van der Waals surface area contributed by atoms with Gasteiger partial charge in [0.05, 0.1) is 36.7 Å². The third kappa shape index (κ3) is 4.18. The lowest BCUT2D eigenvalue weighted by Crippen LogP contribution is -2.67. The van der Waals surface area contributed by atoms with Crippen molar-refractivity contribution in [1.82, 2.24) is 0 Å². The lowest BCUT2D eigenvalue weighted by molar-refractivity contribution is -0.125. The molecule has 1 fully saturated rings.